The van der Waals surface area contributed by atoms with Crippen molar-refractivity contribution in [3.8, 4) is 23.0 Å². The number of fused-ring (bicyclic) bond motifs is 6. The lowest BCUT2D eigenvalue weighted by Crippen LogP contribution is -2.58. The smallest absolute Gasteiger partial charge is 0.331 e. The molecule has 0 amide bonds. The first kappa shape index (κ1) is 31.7. The highest BCUT2D eigenvalue weighted by molar-refractivity contribution is 5.88. The molecule has 246 valence electrons. The van der Waals surface area contributed by atoms with Crippen LogP contribution in [0.3, 0.4) is 0 Å². The van der Waals surface area contributed by atoms with Gasteiger partial charge in [0.15, 0.2) is 11.5 Å². The van der Waals surface area contributed by atoms with Crippen molar-refractivity contribution in [3.05, 3.63) is 53.2 Å². The van der Waals surface area contributed by atoms with Crippen LogP contribution in [0.2, 0.25) is 0 Å². The van der Waals surface area contributed by atoms with E-state index < -0.39 is 24.1 Å². The van der Waals surface area contributed by atoms with Crippen molar-refractivity contribution in [1.29, 1.82) is 0 Å². The molecule has 0 spiro atoms. The minimum absolute atomic E-state index is 0.00438. The van der Waals surface area contributed by atoms with Gasteiger partial charge in [0.2, 0.25) is 5.75 Å². The lowest BCUT2D eigenvalue weighted by molar-refractivity contribution is -0.187. The van der Waals surface area contributed by atoms with Gasteiger partial charge in [0.05, 0.1) is 47.5 Å². The summed E-state index contributed by atoms with van der Waals surface area (Å²) in [5, 5.41) is 1.21. The number of aromatic nitrogens is 1. The number of piperidine rings is 1. The topological polar surface area (TPSA) is 118 Å². The lowest BCUT2D eigenvalue weighted by atomic mass is 9.63. The highest BCUT2D eigenvalue weighted by Crippen LogP contribution is 2.50. The largest absolute Gasteiger partial charge is 0.497 e. The van der Waals surface area contributed by atoms with Gasteiger partial charge in [-0.25, -0.2) is 4.79 Å². The fourth-order valence-corrected chi connectivity index (χ4v) is 7.91. The Labute approximate surface area is 268 Å². The Balaban J connectivity index is 1.23. The van der Waals surface area contributed by atoms with Gasteiger partial charge in [0.25, 0.3) is 0 Å². The zero-order valence-electron chi connectivity index (χ0n) is 27.2. The Morgan fingerprint density at radius 2 is 1.70 bits per heavy atom. The van der Waals surface area contributed by atoms with Crippen molar-refractivity contribution in [3.63, 3.8) is 0 Å². The van der Waals surface area contributed by atoms with Crippen molar-refractivity contribution in [1.82, 2.24) is 9.88 Å². The number of carbonyl (C=O) groups excluding carboxylic acids is 2. The van der Waals surface area contributed by atoms with Gasteiger partial charge < -0.3 is 38.1 Å². The molecule has 1 N–H and O–H groups in total. The third kappa shape index (κ3) is 5.66. The van der Waals surface area contributed by atoms with Crippen LogP contribution >= 0.6 is 0 Å². The molecule has 1 saturated heterocycles. The van der Waals surface area contributed by atoms with Gasteiger partial charge in [-0.3, -0.25) is 9.69 Å². The van der Waals surface area contributed by atoms with E-state index in [1.807, 2.05) is 12.1 Å². The van der Waals surface area contributed by atoms with Gasteiger partial charge in [-0.15, -0.1) is 0 Å². The average Bonchev–Trinajstić information content (AvgIpc) is 3.46. The molecule has 0 unspecified atom stereocenters. The van der Waals surface area contributed by atoms with Gasteiger partial charge >= 0.3 is 11.9 Å². The fourth-order valence-electron chi connectivity index (χ4n) is 7.91. The van der Waals surface area contributed by atoms with E-state index in [1.54, 1.807) is 32.4 Å². The maximum absolute atomic E-state index is 13.4. The number of methoxy groups -OCH3 is 6. The molecule has 0 radical (unpaired) electrons. The van der Waals surface area contributed by atoms with E-state index >= 15 is 0 Å². The molecule has 2 aliphatic heterocycles. The number of rotatable bonds is 9. The fraction of sp³-hybridized carbons (Fsp3) is 0.486. The number of nitrogens with one attached hydrogen (secondary N) is 1. The molecule has 6 rings (SSSR count). The van der Waals surface area contributed by atoms with Crippen LogP contribution in [-0.2, 0) is 30.2 Å². The third-order valence-electron chi connectivity index (χ3n) is 9.97. The molecule has 11 nitrogen and oxygen atoms in total. The molecule has 6 atom stereocenters. The van der Waals surface area contributed by atoms with Crippen LogP contribution in [0, 0.1) is 17.8 Å². The Morgan fingerprint density at radius 3 is 2.35 bits per heavy atom. The summed E-state index contributed by atoms with van der Waals surface area (Å²) in [4.78, 5) is 32.8. The van der Waals surface area contributed by atoms with E-state index in [0.717, 1.165) is 37.2 Å². The Hall–Kier alpha value is -4.22. The molecule has 0 bridgehead atoms. The van der Waals surface area contributed by atoms with Gasteiger partial charge in [-0.2, -0.15) is 0 Å². The molecule has 2 aromatic carbocycles. The quantitative estimate of drug-likeness (QED) is 0.265. The van der Waals surface area contributed by atoms with E-state index in [-0.39, 0.29) is 23.8 Å². The molecule has 2 fully saturated rings. The first-order chi connectivity index (χ1) is 22.3. The number of nitrogens with zero attached hydrogens (tertiary/aromatic N) is 1. The summed E-state index contributed by atoms with van der Waals surface area (Å²) in [5.41, 5.74) is 4.26. The molecule has 11 heteroatoms. The standard InChI is InChI=1S/C35H42N2O9/c1-40-21-8-9-22-23-11-12-37-18-20-15-29(46-30(38)10-7-19-13-27(41-2)33(43-4)28(14-19)42-3)34(44-5)31(35(39)45-6)24(20)17-26(37)32(23)36-25(22)16-21/h7-10,13-14,16,20,24,26,29,31,34,36H,11-12,15,17-18H2,1-6H3/b10-7+/t20-,24-,26-,29+,31-,34+/m1/s1. The third-order valence-corrected chi connectivity index (χ3v) is 9.97. The second-order valence-electron chi connectivity index (χ2n) is 12.1. The number of ether oxygens (including phenoxy) is 7. The molecular formula is C35H42N2O9. The SMILES string of the molecule is COC(=O)[C@@H]1[C@@H]2C[C@@H]3c4[nH]c5cc(OC)ccc5c4CCN3C[C@H]2C[C@H](OC(=O)/C=C/c2cc(OC)c(OC)c(OC)c2)[C@@H]1OC. The molecular weight excluding hydrogens is 592 g/mol. The van der Waals surface area contributed by atoms with Crippen molar-refractivity contribution < 1.29 is 42.7 Å². The highest BCUT2D eigenvalue weighted by Gasteiger charge is 2.54. The zero-order valence-corrected chi connectivity index (χ0v) is 27.2. The number of hydrogen-bond donors (Lipinski definition) is 1. The highest BCUT2D eigenvalue weighted by atomic mass is 16.6. The predicted molar refractivity (Wildman–Crippen MR) is 170 cm³/mol. The monoisotopic (exact) mass is 634 g/mol. The number of benzene rings is 2. The summed E-state index contributed by atoms with van der Waals surface area (Å²) in [6, 6.07) is 9.78. The normalized spacial score (nSPS) is 25.7. The Bertz CT molecular complexity index is 1610. The van der Waals surface area contributed by atoms with Crippen molar-refractivity contribution in [2.45, 2.75) is 37.5 Å². The van der Waals surface area contributed by atoms with Gasteiger partial charge in [-0.05, 0) is 72.6 Å². The lowest BCUT2D eigenvalue weighted by Gasteiger charge is -2.52. The van der Waals surface area contributed by atoms with Crippen LogP contribution in [0.25, 0.3) is 17.0 Å². The molecule has 1 aliphatic carbocycles. The van der Waals surface area contributed by atoms with E-state index in [1.165, 1.54) is 51.2 Å². The maximum Gasteiger partial charge on any atom is 0.331 e. The summed E-state index contributed by atoms with van der Waals surface area (Å²) in [6.45, 7) is 1.70. The number of aromatic amines is 1. The summed E-state index contributed by atoms with van der Waals surface area (Å²) in [6.07, 6.45) is 4.01. The maximum atomic E-state index is 13.4. The number of carbonyl (C=O) groups is 2. The van der Waals surface area contributed by atoms with E-state index in [4.69, 9.17) is 33.2 Å². The van der Waals surface area contributed by atoms with E-state index in [2.05, 4.69) is 16.0 Å². The van der Waals surface area contributed by atoms with Gasteiger partial charge in [-0.1, -0.05) is 0 Å². The van der Waals surface area contributed by atoms with Gasteiger partial charge in [0.1, 0.15) is 18.0 Å². The van der Waals surface area contributed by atoms with Gasteiger partial charge in [0, 0.05) is 48.9 Å². The van der Waals surface area contributed by atoms with Crippen molar-refractivity contribution >= 4 is 28.9 Å². The van der Waals surface area contributed by atoms with Crippen LogP contribution in [-0.4, -0.2) is 89.8 Å². The second-order valence-corrected chi connectivity index (χ2v) is 12.1. The minimum atomic E-state index is -0.645. The molecule has 3 heterocycles. The minimum Gasteiger partial charge on any atom is -0.497 e. The Morgan fingerprint density at radius 1 is 0.935 bits per heavy atom. The first-order valence-corrected chi connectivity index (χ1v) is 15.6. The average molecular weight is 635 g/mol. The summed E-state index contributed by atoms with van der Waals surface area (Å²) in [7, 11) is 9.24. The Kier molecular flexibility index (Phi) is 9.15. The van der Waals surface area contributed by atoms with Crippen LogP contribution < -0.4 is 18.9 Å². The number of esters is 2. The van der Waals surface area contributed by atoms with Crippen LogP contribution in [0.1, 0.15) is 35.7 Å². The molecule has 46 heavy (non-hydrogen) atoms. The molecule has 1 aromatic heterocycles. The van der Waals surface area contributed by atoms with Crippen molar-refractivity contribution in [2.75, 3.05) is 55.7 Å². The first-order valence-electron chi connectivity index (χ1n) is 15.6. The molecule has 3 aromatic rings. The molecule has 1 saturated carbocycles. The second kappa shape index (κ2) is 13.3. The van der Waals surface area contributed by atoms with Crippen molar-refractivity contribution in [2.24, 2.45) is 17.8 Å². The summed E-state index contributed by atoms with van der Waals surface area (Å²) < 4.78 is 39.0. The number of hydrogen-bond acceptors (Lipinski definition) is 10. The van der Waals surface area contributed by atoms with Crippen LogP contribution in [0.15, 0.2) is 36.4 Å². The zero-order chi connectivity index (χ0) is 32.5. The molecule has 3 aliphatic rings. The number of H-pyrrole nitrogens is 1. The van der Waals surface area contributed by atoms with Crippen LogP contribution in [0.4, 0.5) is 0 Å². The summed E-state index contributed by atoms with van der Waals surface area (Å²) in [5.74, 6) is 0.873. The van der Waals surface area contributed by atoms with E-state index in [9.17, 15) is 9.59 Å². The summed E-state index contributed by atoms with van der Waals surface area (Å²) >= 11 is 0. The predicted octanol–water partition coefficient (Wildman–Crippen LogP) is 4.57. The van der Waals surface area contributed by atoms with Crippen LogP contribution in [0.5, 0.6) is 23.0 Å². The van der Waals surface area contributed by atoms with E-state index in [0.29, 0.717) is 29.2 Å².